The maximum atomic E-state index is 4.43. The smallest absolute Gasteiger partial charge is 0.225 e. The molecule has 0 bridgehead atoms. The molecular formula is C12H18BrN3. The predicted molar refractivity (Wildman–Crippen MR) is 69.9 cm³/mol. The summed E-state index contributed by atoms with van der Waals surface area (Å²) >= 11 is 3.41. The van der Waals surface area contributed by atoms with Crippen LogP contribution in [0.25, 0.3) is 0 Å². The topological polar surface area (TPSA) is 29.0 Å². The van der Waals surface area contributed by atoms with Gasteiger partial charge in [0.2, 0.25) is 5.95 Å². The largest absolute Gasteiger partial charge is 0.341 e. The van der Waals surface area contributed by atoms with E-state index in [9.17, 15) is 0 Å². The molecule has 0 atom stereocenters. The Bertz CT molecular complexity index is 322. The van der Waals surface area contributed by atoms with E-state index in [1.165, 1.54) is 12.8 Å². The average molecular weight is 284 g/mol. The number of anilines is 1. The predicted octanol–water partition coefficient (Wildman–Crippen LogP) is 3.00. The molecule has 1 aliphatic rings. The Labute approximate surface area is 105 Å². The highest BCUT2D eigenvalue weighted by Crippen LogP contribution is 2.30. The maximum absolute atomic E-state index is 4.43. The van der Waals surface area contributed by atoms with E-state index in [-0.39, 0.29) is 0 Å². The van der Waals surface area contributed by atoms with Crippen LogP contribution in [0.5, 0.6) is 0 Å². The summed E-state index contributed by atoms with van der Waals surface area (Å²) in [6.07, 6.45) is 7.72. The summed E-state index contributed by atoms with van der Waals surface area (Å²) in [6.45, 7) is 4.39. The second-order valence-electron chi connectivity index (χ2n) is 4.41. The van der Waals surface area contributed by atoms with Crippen LogP contribution in [0.1, 0.15) is 31.7 Å². The van der Waals surface area contributed by atoms with E-state index >= 15 is 0 Å². The zero-order valence-corrected chi connectivity index (χ0v) is 11.3. The Morgan fingerprint density at radius 3 is 2.56 bits per heavy atom. The van der Waals surface area contributed by atoms with Gasteiger partial charge >= 0.3 is 0 Å². The number of nitrogens with zero attached hydrogens (tertiary/aromatic N) is 3. The van der Waals surface area contributed by atoms with Crippen LogP contribution in [0.15, 0.2) is 12.4 Å². The molecule has 4 heteroatoms. The molecule has 1 heterocycles. The van der Waals surface area contributed by atoms with Gasteiger partial charge in [0.05, 0.1) is 0 Å². The number of hydrogen-bond donors (Lipinski definition) is 0. The number of hydrogen-bond acceptors (Lipinski definition) is 3. The van der Waals surface area contributed by atoms with E-state index in [4.69, 9.17) is 0 Å². The van der Waals surface area contributed by atoms with Crippen LogP contribution >= 0.6 is 15.9 Å². The lowest BCUT2D eigenvalue weighted by molar-refractivity contribution is 0.687. The van der Waals surface area contributed by atoms with Gasteiger partial charge in [-0.2, -0.15) is 0 Å². The number of rotatable bonds is 6. The molecule has 88 valence electrons. The van der Waals surface area contributed by atoms with Crippen molar-refractivity contribution in [3.05, 3.63) is 18.0 Å². The average Bonchev–Trinajstić information content (AvgIpc) is 3.13. The molecule has 0 radical (unpaired) electrons. The zero-order chi connectivity index (χ0) is 11.4. The van der Waals surface area contributed by atoms with Gasteiger partial charge in [0.25, 0.3) is 0 Å². The molecular weight excluding hydrogens is 266 g/mol. The fourth-order valence-corrected chi connectivity index (χ4v) is 2.02. The van der Waals surface area contributed by atoms with Gasteiger partial charge in [0.1, 0.15) is 0 Å². The van der Waals surface area contributed by atoms with Crippen molar-refractivity contribution in [2.24, 2.45) is 5.92 Å². The van der Waals surface area contributed by atoms with Crippen molar-refractivity contribution in [2.45, 2.75) is 31.5 Å². The lowest BCUT2D eigenvalue weighted by atomic mass is 10.3. The van der Waals surface area contributed by atoms with Crippen LogP contribution in [0.4, 0.5) is 5.95 Å². The Balaban J connectivity index is 2.03. The van der Waals surface area contributed by atoms with Gasteiger partial charge in [-0.25, -0.2) is 9.97 Å². The standard InChI is InChI=1S/C12H18BrN3/c1-2-5-16(9-10-3-4-10)12-14-7-11(6-13)8-15-12/h7-8,10H,2-6,9H2,1H3. The summed E-state index contributed by atoms with van der Waals surface area (Å²) in [6, 6.07) is 0. The maximum Gasteiger partial charge on any atom is 0.225 e. The van der Waals surface area contributed by atoms with Crippen LogP contribution in [-0.2, 0) is 5.33 Å². The molecule has 1 fully saturated rings. The van der Waals surface area contributed by atoms with Gasteiger partial charge in [-0.3, -0.25) is 0 Å². The van der Waals surface area contributed by atoms with Gasteiger partial charge in [-0.05, 0) is 30.7 Å². The fourth-order valence-electron chi connectivity index (χ4n) is 1.74. The normalized spacial score (nSPS) is 15.1. The van der Waals surface area contributed by atoms with Gasteiger partial charge in [-0.1, -0.05) is 22.9 Å². The quantitative estimate of drug-likeness (QED) is 0.752. The molecule has 0 N–H and O–H groups in total. The first-order chi connectivity index (χ1) is 7.83. The highest BCUT2D eigenvalue weighted by atomic mass is 79.9. The second-order valence-corrected chi connectivity index (χ2v) is 4.98. The summed E-state index contributed by atoms with van der Waals surface area (Å²) < 4.78 is 0. The van der Waals surface area contributed by atoms with E-state index in [1.807, 2.05) is 12.4 Å². The first-order valence-corrected chi connectivity index (χ1v) is 7.07. The summed E-state index contributed by atoms with van der Waals surface area (Å²) in [7, 11) is 0. The highest BCUT2D eigenvalue weighted by Gasteiger charge is 2.25. The SMILES string of the molecule is CCCN(CC1CC1)c1ncc(CBr)cn1. The van der Waals surface area contributed by atoms with E-state index in [0.29, 0.717) is 0 Å². The Morgan fingerprint density at radius 2 is 2.06 bits per heavy atom. The van der Waals surface area contributed by atoms with Gasteiger partial charge < -0.3 is 4.90 Å². The molecule has 0 aromatic carbocycles. The minimum absolute atomic E-state index is 0.823. The summed E-state index contributed by atoms with van der Waals surface area (Å²) in [5.74, 6) is 1.77. The van der Waals surface area contributed by atoms with Crippen molar-refractivity contribution in [1.82, 2.24) is 9.97 Å². The molecule has 1 saturated carbocycles. The van der Waals surface area contributed by atoms with Gasteiger partial charge in [0, 0.05) is 30.8 Å². The molecule has 0 unspecified atom stereocenters. The van der Waals surface area contributed by atoms with E-state index in [1.54, 1.807) is 0 Å². The molecule has 16 heavy (non-hydrogen) atoms. The monoisotopic (exact) mass is 283 g/mol. The number of alkyl halides is 1. The lowest BCUT2D eigenvalue weighted by Crippen LogP contribution is -2.28. The molecule has 1 aromatic heterocycles. The highest BCUT2D eigenvalue weighted by molar-refractivity contribution is 9.08. The third-order valence-electron chi connectivity index (χ3n) is 2.80. The van der Waals surface area contributed by atoms with Crippen LogP contribution in [0.2, 0.25) is 0 Å². The molecule has 0 spiro atoms. The van der Waals surface area contributed by atoms with Crippen molar-refractivity contribution in [3.8, 4) is 0 Å². The Hall–Kier alpha value is -0.640. The van der Waals surface area contributed by atoms with Gasteiger partial charge in [-0.15, -0.1) is 0 Å². The van der Waals surface area contributed by atoms with Crippen molar-refractivity contribution in [2.75, 3.05) is 18.0 Å². The second kappa shape index (κ2) is 5.62. The first-order valence-electron chi connectivity index (χ1n) is 5.95. The lowest BCUT2D eigenvalue weighted by Gasteiger charge is -2.21. The number of halogens is 1. The van der Waals surface area contributed by atoms with E-state index < -0.39 is 0 Å². The Morgan fingerprint density at radius 1 is 1.38 bits per heavy atom. The Kier molecular flexibility index (Phi) is 4.16. The summed E-state index contributed by atoms with van der Waals surface area (Å²) in [5.41, 5.74) is 1.13. The minimum Gasteiger partial charge on any atom is -0.341 e. The van der Waals surface area contributed by atoms with Crippen LogP contribution in [0.3, 0.4) is 0 Å². The van der Waals surface area contributed by atoms with Gasteiger partial charge in [0.15, 0.2) is 0 Å². The molecule has 0 aliphatic heterocycles. The first kappa shape index (κ1) is 11.8. The van der Waals surface area contributed by atoms with Crippen LogP contribution in [0, 0.1) is 5.92 Å². The van der Waals surface area contributed by atoms with Crippen molar-refractivity contribution in [3.63, 3.8) is 0 Å². The summed E-state index contributed by atoms with van der Waals surface area (Å²) in [4.78, 5) is 11.2. The van der Waals surface area contributed by atoms with E-state index in [2.05, 4.69) is 37.7 Å². The molecule has 3 nitrogen and oxygen atoms in total. The van der Waals surface area contributed by atoms with E-state index in [0.717, 1.165) is 42.3 Å². The number of aromatic nitrogens is 2. The summed E-state index contributed by atoms with van der Waals surface area (Å²) in [5, 5.41) is 0.823. The van der Waals surface area contributed by atoms with Crippen molar-refractivity contribution < 1.29 is 0 Å². The molecule has 0 amide bonds. The third kappa shape index (κ3) is 3.17. The molecule has 2 rings (SSSR count). The van der Waals surface area contributed by atoms with Crippen molar-refractivity contribution >= 4 is 21.9 Å². The van der Waals surface area contributed by atoms with Crippen LogP contribution < -0.4 is 4.90 Å². The molecule has 1 aromatic rings. The third-order valence-corrected chi connectivity index (χ3v) is 3.45. The molecule has 1 aliphatic carbocycles. The fraction of sp³-hybridized carbons (Fsp3) is 0.667. The van der Waals surface area contributed by atoms with Crippen molar-refractivity contribution in [1.29, 1.82) is 0 Å². The van der Waals surface area contributed by atoms with Crippen LogP contribution in [-0.4, -0.2) is 23.1 Å². The minimum atomic E-state index is 0.823. The zero-order valence-electron chi connectivity index (χ0n) is 9.69. The molecule has 0 saturated heterocycles.